The van der Waals surface area contributed by atoms with Crippen LogP contribution < -0.4 is 9.47 Å². The molecule has 2 aliphatic heterocycles. The second-order valence-corrected chi connectivity index (χ2v) is 8.07. The van der Waals surface area contributed by atoms with Crippen LogP contribution >= 0.6 is 0 Å². The van der Waals surface area contributed by atoms with Crippen molar-refractivity contribution in [2.45, 2.75) is 31.9 Å². The number of amides is 1. The Morgan fingerprint density at radius 3 is 2.44 bits per heavy atom. The second kappa shape index (κ2) is 9.04. The van der Waals surface area contributed by atoms with E-state index in [9.17, 15) is 14.7 Å². The summed E-state index contributed by atoms with van der Waals surface area (Å²) in [5.74, 6) is -0.540. The molecule has 0 aromatic heterocycles. The highest BCUT2D eigenvalue weighted by Gasteiger charge is 2.47. The van der Waals surface area contributed by atoms with Crippen LogP contribution in [0.2, 0.25) is 0 Å². The van der Waals surface area contributed by atoms with Gasteiger partial charge in [0.25, 0.3) is 11.7 Å². The monoisotopic (exact) mass is 437 g/mol. The van der Waals surface area contributed by atoms with E-state index in [1.807, 2.05) is 19.1 Å². The summed E-state index contributed by atoms with van der Waals surface area (Å²) in [5, 5.41) is 11.1. The van der Waals surface area contributed by atoms with Crippen molar-refractivity contribution in [2.24, 2.45) is 0 Å². The van der Waals surface area contributed by atoms with Crippen molar-refractivity contribution in [3.8, 4) is 11.5 Å². The van der Waals surface area contributed by atoms with Crippen LogP contribution in [0.3, 0.4) is 0 Å². The maximum absolute atomic E-state index is 13.1. The van der Waals surface area contributed by atoms with E-state index in [-0.39, 0.29) is 24.0 Å². The van der Waals surface area contributed by atoms with Crippen molar-refractivity contribution in [3.05, 3.63) is 64.7 Å². The number of Topliss-reactive ketones (excluding diaryl/α,β-unsaturated/α-hetero) is 1. The number of likely N-dealkylation sites (tertiary alicyclic amines) is 1. The van der Waals surface area contributed by atoms with Gasteiger partial charge < -0.3 is 24.2 Å². The summed E-state index contributed by atoms with van der Waals surface area (Å²) < 4.78 is 16.5. The Morgan fingerprint density at radius 2 is 1.81 bits per heavy atom. The number of aliphatic hydroxyl groups is 1. The van der Waals surface area contributed by atoms with Gasteiger partial charge in [0, 0.05) is 18.7 Å². The van der Waals surface area contributed by atoms with Crippen LogP contribution in [0, 0.1) is 6.92 Å². The first-order chi connectivity index (χ1) is 15.4. The van der Waals surface area contributed by atoms with Gasteiger partial charge in [-0.1, -0.05) is 35.9 Å². The van der Waals surface area contributed by atoms with Gasteiger partial charge in [-0.2, -0.15) is 0 Å². The van der Waals surface area contributed by atoms with Crippen molar-refractivity contribution in [1.29, 1.82) is 0 Å². The summed E-state index contributed by atoms with van der Waals surface area (Å²) in [5.41, 5.74) is 2.21. The third-order valence-electron chi connectivity index (χ3n) is 6.01. The summed E-state index contributed by atoms with van der Waals surface area (Å²) in [6.45, 7) is 2.85. The average molecular weight is 437 g/mol. The molecule has 2 heterocycles. The molecule has 0 saturated carbocycles. The number of hydrogen-bond acceptors (Lipinski definition) is 6. The molecule has 0 spiro atoms. The summed E-state index contributed by atoms with van der Waals surface area (Å²) in [7, 11) is 3.07. The Hall–Kier alpha value is -3.32. The number of ether oxygens (including phenoxy) is 3. The third kappa shape index (κ3) is 3.96. The van der Waals surface area contributed by atoms with E-state index >= 15 is 0 Å². The van der Waals surface area contributed by atoms with Gasteiger partial charge in [-0.3, -0.25) is 9.59 Å². The zero-order valence-electron chi connectivity index (χ0n) is 18.5. The first-order valence-electron chi connectivity index (χ1n) is 10.6. The van der Waals surface area contributed by atoms with Gasteiger partial charge in [0.1, 0.15) is 5.76 Å². The SMILES string of the molecule is COc1ccc([C@H]2C(=C(O)c3ccc(C)cc3)C(=O)C(=O)N2C[C@H]2CCCO2)cc1OC. The summed E-state index contributed by atoms with van der Waals surface area (Å²) in [6.07, 6.45) is 1.59. The number of rotatable bonds is 6. The van der Waals surface area contributed by atoms with E-state index in [2.05, 4.69) is 0 Å². The minimum absolute atomic E-state index is 0.0593. The Bertz CT molecular complexity index is 1050. The first kappa shape index (κ1) is 21.9. The van der Waals surface area contributed by atoms with Crippen LogP contribution in [-0.4, -0.2) is 55.2 Å². The number of carbonyl (C=O) groups is 2. The van der Waals surface area contributed by atoms with Crippen LogP contribution in [0.5, 0.6) is 11.5 Å². The molecule has 0 unspecified atom stereocenters. The quantitative estimate of drug-likeness (QED) is 0.422. The molecule has 32 heavy (non-hydrogen) atoms. The molecule has 4 rings (SSSR count). The second-order valence-electron chi connectivity index (χ2n) is 8.07. The summed E-state index contributed by atoms with van der Waals surface area (Å²) in [4.78, 5) is 27.7. The fraction of sp³-hybridized carbons (Fsp3) is 0.360. The van der Waals surface area contributed by atoms with Gasteiger partial charge in [0.15, 0.2) is 11.5 Å². The lowest BCUT2D eigenvalue weighted by Gasteiger charge is -2.28. The molecule has 2 saturated heterocycles. The third-order valence-corrected chi connectivity index (χ3v) is 6.01. The van der Waals surface area contributed by atoms with Crippen molar-refractivity contribution >= 4 is 17.4 Å². The molecule has 2 fully saturated rings. The smallest absolute Gasteiger partial charge is 0.295 e. The summed E-state index contributed by atoms with van der Waals surface area (Å²) in [6, 6.07) is 11.7. The molecule has 2 atom stereocenters. The average Bonchev–Trinajstić information content (AvgIpc) is 3.41. The number of hydrogen-bond donors (Lipinski definition) is 1. The minimum Gasteiger partial charge on any atom is -0.507 e. The predicted molar refractivity (Wildman–Crippen MR) is 119 cm³/mol. The Morgan fingerprint density at radius 1 is 1.09 bits per heavy atom. The molecule has 7 nitrogen and oxygen atoms in total. The molecule has 1 N–H and O–H groups in total. The highest BCUT2D eigenvalue weighted by molar-refractivity contribution is 6.46. The van der Waals surface area contributed by atoms with Crippen molar-refractivity contribution in [3.63, 3.8) is 0 Å². The van der Waals surface area contributed by atoms with Gasteiger partial charge >= 0.3 is 0 Å². The largest absolute Gasteiger partial charge is 0.507 e. The van der Waals surface area contributed by atoms with Crippen LogP contribution in [0.25, 0.3) is 5.76 Å². The number of carbonyl (C=O) groups excluding carboxylic acids is 2. The molecule has 0 bridgehead atoms. The Labute approximate surface area is 187 Å². The van der Waals surface area contributed by atoms with E-state index in [0.717, 1.165) is 18.4 Å². The van der Waals surface area contributed by atoms with Gasteiger partial charge in [0.05, 0.1) is 31.9 Å². The first-order valence-corrected chi connectivity index (χ1v) is 10.6. The number of aliphatic hydroxyl groups excluding tert-OH is 1. The zero-order valence-corrected chi connectivity index (χ0v) is 18.5. The lowest BCUT2D eigenvalue weighted by molar-refractivity contribution is -0.140. The topological polar surface area (TPSA) is 85.3 Å². The van der Waals surface area contributed by atoms with E-state index in [1.54, 1.807) is 37.4 Å². The van der Waals surface area contributed by atoms with E-state index < -0.39 is 17.7 Å². The maximum Gasteiger partial charge on any atom is 0.295 e. The van der Waals surface area contributed by atoms with Crippen molar-refractivity contribution in [2.75, 3.05) is 27.4 Å². The molecule has 2 aliphatic rings. The van der Waals surface area contributed by atoms with Gasteiger partial charge in [-0.05, 0) is 37.5 Å². The van der Waals surface area contributed by atoms with E-state index in [0.29, 0.717) is 29.2 Å². The van der Waals surface area contributed by atoms with Crippen molar-refractivity contribution < 1.29 is 28.9 Å². The van der Waals surface area contributed by atoms with Crippen LogP contribution in [-0.2, 0) is 14.3 Å². The van der Waals surface area contributed by atoms with E-state index in [4.69, 9.17) is 14.2 Å². The highest BCUT2D eigenvalue weighted by Crippen LogP contribution is 2.42. The molecule has 1 amide bonds. The summed E-state index contributed by atoms with van der Waals surface area (Å²) >= 11 is 0. The van der Waals surface area contributed by atoms with Crippen LogP contribution in [0.1, 0.15) is 35.6 Å². The number of nitrogens with zero attached hydrogens (tertiary/aromatic N) is 1. The Balaban J connectivity index is 1.85. The number of ketones is 1. The number of aryl methyl sites for hydroxylation is 1. The lowest BCUT2D eigenvalue weighted by atomic mass is 9.94. The minimum atomic E-state index is -0.764. The van der Waals surface area contributed by atoms with E-state index in [1.165, 1.54) is 12.0 Å². The molecule has 2 aromatic rings. The highest BCUT2D eigenvalue weighted by atomic mass is 16.5. The fourth-order valence-corrected chi connectivity index (χ4v) is 4.31. The number of benzene rings is 2. The molecule has 168 valence electrons. The lowest BCUT2D eigenvalue weighted by Crippen LogP contribution is -2.36. The van der Waals surface area contributed by atoms with Gasteiger partial charge in [-0.25, -0.2) is 0 Å². The van der Waals surface area contributed by atoms with Crippen molar-refractivity contribution in [1.82, 2.24) is 4.90 Å². The Kier molecular flexibility index (Phi) is 6.19. The zero-order chi connectivity index (χ0) is 22.8. The normalized spacial score (nSPS) is 22.4. The standard InChI is InChI=1S/C25H27NO6/c1-15-6-8-16(9-7-15)23(27)21-22(17-10-11-19(30-2)20(13-17)31-3)26(25(29)24(21)28)14-18-5-4-12-32-18/h6-11,13,18,22,27H,4-5,12,14H2,1-3H3/t18-,22+/m1/s1. The molecule has 0 aliphatic carbocycles. The molecular formula is C25H27NO6. The molecular weight excluding hydrogens is 410 g/mol. The predicted octanol–water partition coefficient (Wildman–Crippen LogP) is 3.61. The van der Waals surface area contributed by atoms with Crippen LogP contribution in [0.4, 0.5) is 0 Å². The molecule has 0 radical (unpaired) electrons. The number of methoxy groups -OCH3 is 2. The molecule has 7 heteroatoms. The van der Waals surface area contributed by atoms with Gasteiger partial charge in [0.2, 0.25) is 0 Å². The van der Waals surface area contributed by atoms with Crippen LogP contribution in [0.15, 0.2) is 48.0 Å². The fourth-order valence-electron chi connectivity index (χ4n) is 4.31. The van der Waals surface area contributed by atoms with Gasteiger partial charge in [-0.15, -0.1) is 0 Å². The maximum atomic E-state index is 13.1. The molecule has 2 aromatic carbocycles.